The first kappa shape index (κ1) is 20.4. The van der Waals surface area contributed by atoms with E-state index in [0.717, 1.165) is 11.1 Å². The highest BCUT2D eigenvalue weighted by Crippen LogP contribution is 2.11. The normalized spacial score (nSPS) is 10.9. The van der Waals surface area contributed by atoms with E-state index in [9.17, 15) is 9.18 Å². The van der Waals surface area contributed by atoms with Gasteiger partial charge in [-0.2, -0.15) is 5.10 Å². The third kappa shape index (κ3) is 5.82. The SMILES string of the molecule is CN(C)CCN(Cc1ccc(F)cc1)C(=O)NCc1cccnc1-n1cncn1. The van der Waals surface area contributed by atoms with Gasteiger partial charge in [0.2, 0.25) is 0 Å². The van der Waals surface area contributed by atoms with Gasteiger partial charge in [-0.05, 0) is 37.9 Å². The van der Waals surface area contributed by atoms with Crippen LogP contribution in [-0.2, 0) is 13.1 Å². The first-order valence-corrected chi connectivity index (χ1v) is 9.24. The Morgan fingerprint density at radius 3 is 2.66 bits per heavy atom. The van der Waals surface area contributed by atoms with E-state index in [1.165, 1.54) is 18.5 Å². The summed E-state index contributed by atoms with van der Waals surface area (Å²) in [6.07, 6.45) is 4.66. The van der Waals surface area contributed by atoms with Crippen LogP contribution in [0, 0.1) is 5.82 Å². The van der Waals surface area contributed by atoms with Gasteiger partial charge in [-0.25, -0.2) is 23.8 Å². The van der Waals surface area contributed by atoms with E-state index in [2.05, 4.69) is 20.4 Å². The minimum Gasteiger partial charge on any atom is -0.334 e. The number of benzene rings is 1. The second-order valence-electron chi connectivity index (χ2n) is 6.84. The van der Waals surface area contributed by atoms with Crippen molar-refractivity contribution in [3.05, 3.63) is 72.2 Å². The average molecular weight is 397 g/mol. The maximum atomic E-state index is 13.2. The molecule has 9 heteroatoms. The summed E-state index contributed by atoms with van der Waals surface area (Å²) < 4.78 is 14.7. The zero-order valence-electron chi connectivity index (χ0n) is 16.5. The Bertz CT molecular complexity index is 913. The van der Waals surface area contributed by atoms with Crippen molar-refractivity contribution in [1.29, 1.82) is 0 Å². The fourth-order valence-corrected chi connectivity index (χ4v) is 2.76. The predicted molar refractivity (Wildman–Crippen MR) is 107 cm³/mol. The summed E-state index contributed by atoms with van der Waals surface area (Å²) in [6, 6.07) is 9.67. The number of nitrogens with zero attached hydrogens (tertiary/aromatic N) is 6. The van der Waals surface area contributed by atoms with Gasteiger partial charge in [0.05, 0.1) is 0 Å². The molecule has 0 atom stereocenters. The Labute approximate surface area is 169 Å². The van der Waals surface area contributed by atoms with Crippen molar-refractivity contribution in [3.8, 4) is 5.82 Å². The molecule has 8 nitrogen and oxygen atoms in total. The molecule has 0 bridgehead atoms. The van der Waals surface area contributed by atoms with Crippen molar-refractivity contribution in [2.24, 2.45) is 0 Å². The summed E-state index contributed by atoms with van der Waals surface area (Å²) in [7, 11) is 3.90. The summed E-state index contributed by atoms with van der Waals surface area (Å²) in [5, 5.41) is 7.05. The van der Waals surface area contributed by atoms with Crippen LogP contribution in [0.4, 0.5) is 9.18 Å². The van der Waals surface area contributed by atoms with E-state index in [4.69, 9.17) is 0 Å². The van der Waals surface area contributed by atoms with Crippen molar-refractivity contribution in [1.82, 2.24) is 34.9 Å². The number of carbonyl (C=O) groups is 1. The maximum Gasteiger partial charge on any atom is 0.318 e. The van der Waals surface area contributed by atoms with E-state index in [-0.39, 0.29) is 11.8 Å². The third-order valence-electron chi connectivity index (χ3n) is 4.32. The van der Waals surface area contributed by atoms with Gasteiger partial charge in [0, 0.05) is 37.9 Å². The molecule has 0 saturated carbocycles. The Morgan fingerprint density at radius 1 is 1.17 bits per heavy atom. The van der Waals surface area contributed by atoms with E-state index in [1.807, 2.05) is 31.1 Å². The monoisotopic (exact) mass is 397 g/mol. The molecule has 152 valence electrons. The van der Waals surface area contributed by atoms with Crippen LogP contribution in [0.15, 0.2) is 55.2 Å². The highest BCUT2D eigenvalue weighted by Gasteiger charge is 2.15. The Kier molecular flexibility index (Phi) is 6.85. The lowest BCUT2D eigenvalue weighted by molar-refractivity contribution is 0.188. The maximum absolute atomic E-state index is 13.2. The molecule has 0 fully saturated rings. The van der Waals surface area contributed by atoms with Gasteiger partial charge in [-0.3, -0.25) is 0 Å². The number of aromatic nitrogens is 4. The average Bonchev–Trinajstić information content (AvgIpc) is 3.25. The number of likely N-dealkylation sites (N-methyl/N-ethyl adjacent to an activating group) is 1. The molecule has 0 aliphatic carbocycles. The van der Waals surface area contributed by atoms with E-state index in [1.54, 1.807) is 34.2 Å². The Morgan fingerprint density at radius 2 is 1.97 bits per heavy atom. The minimum atomic E-state index is -0.296. The highest BCUT2D eigenvalue weighted by molar-refractivity contribution is 5.74. The summed E-state index contributed by atoms with van der Waals surface area (Å²) in [6.45, 7) is 1.94. The lowest BCUT2D eigenvalue weighted by atomic mass is 10.2. The van der Waals surface area contributed by atoms with Crippen LogP contribution in [0.2, 0.25) is 0 Å². The lowest BCUT2D eigenvalue weighted by Crippen LogP contribution is -2.42. The molecule has 0 spiro atoms. The molecule has 29 heavy (non-hydrogen) atoms. The van der Waals surface area contributed by atoms with Crippen LogP contribution in [0.1, 0.15) is 11.1 Å². The van der Waals surface area contributed by atoms with Crippen molar-refractivity contribution in [2.45, 2.75) is 13.1 Å². The van der Waals surface area contributed by atoms with Crippen LogP contribution in [-0.4, -0.2) is 62.8 Å². The molecule has 0 aliphatic rings. The van der Waals surface area contributed by atoms with Gasteiger partial charge < -0.3 is 15.1 Å². The molecule has 0 aliphatic heterocycles. The first-order chi connectivity index (χ1) is 14.0. The number of hydrogen-bond donors (Lipinski definition) is 1. The van der Waals surface area contributed by atoms with Gasteiger partial charge in [-0.1, -0.05) is 18.2 Å². The quantitative estimate of drug-likeness (QED) is 0.630. The van der Waals surface area contributed by atoms with Crippen LogP contribution in [0.25, 0.3) is 5.82 Å². The minimum absolute atomic E-state index is 0.204. The number of pyridine rings is 1. The van der Waals surface area contributed by atoms with E-state index < -0.39 is 0 Å². The molecule has 1 aromatic carbocycles. The molecule has 0 unspecified atom stereocenters. The second kappa shape index (κ2) is 9.74. The Balaban J connectivity index is 1.69. The molecule has 1 N–H and O–H groups in total. The largest absolute Gasteiger partial charge is 0.334 e. The van der Waals surface area contributed by atoms with Gasteiger partial charge >= 0.3 is 6.03 Å². The summed E-state index contributed by atoms with van der Waals surface area (Å²) in [5.41, 5.74) is 1.69. The molecule has 2 heterocycles. The number of rotatable bonds is 8. The number of hydrogen-bond acceptors (Lipinski definition) is 5. The smallest absolute Gasteiger partial charge is 0.318 e. The highest BCUT2D eigenvalue weighted by atomic mass is 19.1. The zero-order valence-corrected chi connectivity index (χ0v) is 16.5. The van der Waals surface area contributed by atoms with Gasteiger partial charge in [-0.15, -0.1) is 0 Å². The third-order valence-corrected chi connectivity index (χ3v) is 4.32. The first-order valence-electron chi connectivity index (χ1n) is 9.24. The molecule has 2 amide bonds. The van der Waals surface area contributed by atoms with Crippen LogP contribution in [0.3, 0.4) is 0 Å². The molecular weight excluding hydrogens is 373 g/mol. The fourth-order valence-electron chi connectivity index (χ4n) is 2.76. The number of amides is 2. The molecule has 0 radical (unpaired) electrons. The molecule has 2 aromatic heterocycles. The van der Waals surface area contributed by atoms with Crippen molar-refractivity contribution < 1.29 is 9.18 Å². The summed E-state index contributed by atoms with van der Waals surface area (Å²) in [5.74, 6) is 0.318. The van der Waals surface area contributed by atoms with Crippen molar-refractivity contribution in [2.75, 3.05) is 27.2 Å². The predicted octanol–water partition coefficient (Wildman–Crippen LogP) is 2.07. The van der Waals surface area contributed by atoms with Crippen LogP contribution < -0.4 is 5.32 Å². The van der Waals surface area contributed by atoms with E-state index in [0.29, 0.717) is 32.0 Å². The van der Waals surface area contributed by atoms with E-state index >= 15 is 0 Å². The number of halogens is 1. The summed E-state index contributed by atoms with van der Waals surface area (Å²) >= 11 is 0. The topological polar surface area (TPSA) is 79.2 Å². The molecule has 0 saturated heterocycles. The van der Waals surface area contributed by atoms with Crippen molar-refractivity contribution in [3.63, 3.8) is 0 Å². The van der Waals surface area contributed by atoms with Crippen LogP contribution in [0.5, 0.6) is 0 Å². The lowest BCUT2D eigenvalue weighted by Gasteiger charge is -2.25. The second-order valence-corrected chi connectivity index (χ2v) is 6.84. The van der Waals surface area contributed by atoms with Crippen molar-refractivity contribution >= 4 is 6.03 Å². The summed E-state index contributed by atoms with van der Waals surface area (Å²) in [4.78, 5) is 24.9. The Hall–Kier alpha value is -3.33. The zero-order chi connectivity index (χ0) is 20.6. The van der Waals surface area contributed by atoms with Gasteiger partial charge in [0.25, 0.3) is 0 Å². The molecule has 3 aromatic rings. The van der Waals surface area contributed by atoms with Gasteiger partial charge in [0.15, 0.2) is 5.82 Å². The number of carbonyl (C=O) groups excluding carboxylic acids is 1. The number of nitrogens with one attached hydrogen (secondary N) is 1. The number of urea groups is 1. The van der Waals surface area contributed by atoms with Gasteiger partial charge in [0.1, 0.15) is 18.5 Å². The standard InChI is InChI=1S/C20H24FN7O/c1-26(2)10-11-27(13-16-5-7-18(21)8-6-16)20(29)24-12-17-4-3-9-23-19(17)28-15-22-14-25-28/h3-9,14-15H,10-13H2,1-2H3,(H,24,29). The molecular formula is C20H24FN7O. The van der Waals surface area contributed by atoms with Crippen LogP contribution >= 0.6 is 0 Å². The molecule has 3 rings (SSSR count). The fraction of sp³-hybridized carbons (Fsp3) is 0.300.